The smallest absolute Gasteiger partial charge is 0.278 e. The van der Waals surface area contributed by atoms with Gasteiger partial charge in [0.05, 0.1) is 6.20 Å². The van der Waals surface area contributed by atoms with E-state index < -0.39 is 0 Å². The van der Waals surface area contributed by atoms with Crippen LogP contribution in [0.4, 0.5) is 5.69 Å². The molecule has 0 bridgehead atoms. The summed E-state index contributed by atoms with van der Waals surface area (Å²) in [6.45, 7) is 4.97. The van der Waals surface area contributed by atoms with Crippen molar-refractivity contribution in [1.82, 2.24) is 9.97 Å². The van der Waals surface area contributed by atoms with Crippen LogP contribution in [0.1, 0.15) is 29.9 Å². The molecule has 0 spiro atoms. The van der Waals surface area contributed by atoms with E-state index in [1.165, 1.54) is 11.8 Å². The highest BCUT2D eigenvalue weighted by Crippen LogP contribution is 2.40. The first-order valence-electron chi connectivity index (χ1n) is 6.27. The van der Waals surface area contributed by atoms with E-state index in [9.17, 15) is 4.79 Å². The van der Waals surface area contributed by atoms with Gasteiger partial charge in [-0.2, -0.15) is 0 Å². The van der Waals surface area contributed by atoms with Gasteiger partial charge in [-0.25, -0.2) is 4.98 Å². The van der Waals surface area contributed by atoms with Gasteiger partial charge in [0.15, 0.2) is 0 Å². The van der Waals surface area contributed by atoms with Crippen molar-refractivity contribution < 1.29 is 4.79 Å². The molecule has 1 amide bonds. The molecule has 3 rings (SSSR count). The largest absolute Gasteiger partial charge is 0.306 e. The molecule has 0 aliphatic carbocycles. The van der Waals surface area contributed by atoms with Gasteiger partial charge in [0.2, 0.25) is 0 Å². The Bertz CT molecular complexity index is 622. The zero-order chi connectivity index (χ0) is 13.5. The highest BCUT2D eigenvalue weighted by Gasteiger charge is 2.38. The van der Waals surface area contributed by atoms with Crippen molar-refractivity contribution in [3.8, 4) is 0 Å². The highest BCUT2D eigenvalue weighted by molar-refractivity contribution is 6.06. The molecule has 0 saturated carbocycles. The second-order valence-corrected chi connectivity index (χ2v) is 5.38. The van der Waals surface area contributed by atoms with Crippen LogP contribution in [0, 0.1) is 0 Å². The number of hydrogen-bond acceptors (Lipinski definition) is 3. The molecule has 0 N–H and O–H groups in total. The topological polar surface area (TPSA) is 46.1 Å². The number of aromatic nitrogens is 2. The van der Waals surface area contributed by atoms with Crippen molar-refractivity contribution in [3.05, 3.63) is 54.1 Å². The average Bonchev–Trinajstić information content (AvgIpc) is 2.72. The molecule has 0 radical (unpaired) electrons. The zero-order valence-corrected chi connectivity index (χ0v) is 11.0. The Morgan fingerprint density at radius 3 is 2.79 bits per heavy atom. The summed E-state index contributed by atoms with van der Waals surface area (Å²) in [7, 11) is 0. The summed E-state index contributed by atoms with van der Waals surface area (Å²) in [6, 6.07) is 8.03. The van der Waals surface area contributed by atoms with Gasteiger partial charge in [-0.3, -0.25) is 9.78 Å². The van der Waals surface area contributed by atoms with Gasteiger partial charge < -0.3 is 4.90 Å². The minimum Gasteiger partial charge on any atom is -0.306 e. The number of carbonyl (C=O) groups excluding carboxylic acids is 1. The monoisotopic (exact) mass is 253 g/mol. The van der Waals surface area contributed by atoms with Crippen molar-refractivity contribution in [3.63, 3.8) is 0 Å². The molecule has 0 atom stereocenters. The van der Waals surface area contributed by atoms with Crippen LogP contribution in [0.5, 0.6) is 0 Å². The van der Waals surface area contributed by atoms with E-state index in [1.54, 1.807) is 17.3 Å². The first kappa shape index (κ1) is 11.8. The quantitative estimate of drug-likeness (QED) is 0.784. The van der Waals surface area contributed by atoms with E-state index in [4.69, 9.17) is 0 Å². The predicted octanol–water partition coefficient (Wildman–Crippen LogP) is 2.41. The minimum absolute atomic E-state index is 0.0333. The van der Waals surface area contributed by atoms with Crippen LogP contribution in [0.3, 0.4) is 0 Å². The SMILES string of the molecule is CC1(C)CN(C(=O)c2cnccn2)c2ccccc21. The van der Waals surface area contributed by atoms with Gasteiger partial charge in [0.1, 0.15) is 5.69 Å². The summed E-state index contributed by atoms with van der Waals surface area (Å²) in [5.74, 6) is -0.0916. The fourth-order valence-corrected chi connectivity index (χ4v) is 2.58. The number of amides is 1. The van der Waals surface area contributed by atoms with Crippen LogP contribution < -0.4 is 4.90 Å². The van der Waals surface area contributed by atoms with Crippen molar-refractivity contribution in [2.45, 2.75) is 19.3 Å². The maximum absolute atomic E-state index is 12.5. The number of benzene rings is 1. The third kappa shape index (κ3) is 1.89. The zero-order valence-electron chi connectivity index (χ0n) is 11.0. The molecule has 4 heteroatoms. The maximum Gasteiger partial charge on any atom is 0.278 e. The Hall–Kier alpha value is -2.23. The summed E-state index contributed by atoms with van der Waals surface area (Å²) in [5.41, 5.74) is 2.53. The van der Waals surface area contributed by atoms with Crippen LogP contribution in [-0.4, -0.2) is 22.4 Å². The van der Waals surface area contributed by atoms with Crippen LogP contribution in [0.2, 0.25) is 0 Å². The Balaban J connectivity index is 2.03. The van der Waals surface area contributed by atoms with E-state index >= 15 is 0 Å². The highest BCUT2D eigenvalue weighted by atomic mass is 16.2. The van der Waals surface area contributed by atoms with Crippen molar-refractivity contribution >= 4 is 11.6 Å². The van der Waals surface area contributed by atoms with Gasteiger partial charge in [0, 0.05) is 30.0 Å². The summed E-state index contributed by atoms with van der Waals surface area (Å²) in [5, 5.41) is 0. The molecule has 0 fully saturated rings. The van der Waals surface area contributed by atoms with Crippen molar-refractivity contribution in [1.29, 1.82) is 0 Å². The first-order chi connectivity index (χ1) is 9.09. The van der Waals surface area contributed by atoms with E-state index in [0.29, 0.717) is 12.2 Å². The lowest BCUT2D eigenvalue weighted by Gasteiger charge is -2.20. The molecule has 1 aliphatic rings. The normalized spacial score (nSPS) is 16.2. The van der Waals surface area contributed by atoms with Crippen molar-refractivity contribution in [2.24, 2.45) is 0 Å². The number of fused-ring (bicyclic) bond motifs is 1. The summed E-state index contributed by atoms with van der Waals surface area (Å²) >= 11 is 0. The third-order valence-electron chi connectivity index (χ3n) is 3.50. The lowest BCUT2D eigenvalue weighted by molar-refractivity contribution is 0.0980. The second-order valence-electron chi connectivity index (χ2n) is 5.38. The molecule has 1 aromatic carbocycles. The molecule has 19 heavy (non-hydrogen) atoms. The van der Waals surface area contributed by atoms with Gasteiger partial charge >= 0.3 is 0 Å². The molecule has 96 valence electrons. The third-order valence-corrected chi connectivity index (χ3v) is 3.50. The number of carbonyl (C=O) groups is 1. The lowest BCUT2D eigenvalue weighted by atomic mass is 9.87. The summed E-state index contributed by atoms with van der Waals surface area (Å²) in [4.78, 5) is 22.4. The van der Waals surface area contributed by atoms with E-state index in [-0.39, 0.29) is 11.3 Å². The molecular formula is C15H15N3O. The molecule has 2 aromatic rings. The Labute approximate surface area is 112 Å². The summed E-state index contributed by atoms with van der Waals surface area (Å²) < 4.78 is 0. The Kier molecular flexibility index (Phi) is 2.59. The minimum atomic E-state index is -0.0916. The maximum atomic E-state index is 12.5. The van der Waals surface area contributed by atoms with Gasteiger partial charge in [0.25, 0.3) is 5.91 Å². The van der Waals surface area contributed by atoms with Gasteiger partial charge in [-0.05, 0) is 11.6 Å². The average molecular weight is 253 g/mol. The molecular weight excluding hydrogens is 238 g/mol. The van der Waals surface area contributed by atoms with E-state index in [1.807, 2.05) is 18.2 Å². The van der Waals surface area contributed by atoms with Crippen LogP contribution >= 0.6 is 0 Å². The van der Waals surface area contributed by atoms with E-state index in [0.717, 1.165) is 5.69 Å². The molecule has 0 saturated heterocycles. The fraction of sp³-hybridized carbons (Fsp3) is 0.267. The van der Waals surface area contributed by atoms with Gasteiger partial charge in [-0.15, -0.1) is 0 Å². The number of nitrogens with zero attached hydrogens (tertiary/aromatic N) is 3. The molecule has 1 aliphatic heterocycles. The standard InChI is InChI=1S/C15H15N3O/c1-15(2)10-18(13-6-4-3-5-11(13)15)14(19)12-9-16-7-8-17-12/h3-9H,10H2,1-2H3. The van der Waals surface area contributed by atoms with Crippen LogP contribution in [0.25, 0.3) is 0 Å². The van der Waals surface area contributed by atoms with Crippen LogP contribution in [0.15, 0.2) is 42.9 Å². The predicted molar refractivity (Wildman–Crippen MR) is 73.2 cm³/mol. The molecule has 2 heterocycles. The first-order valence-corrected chi connectivity index (χ1v) is 6.27. The van der Waals surface area contributed by atoms with E-state index in [2.05, 4.69) is 29.9 Å². The van der Waals surface area contributed by atoms with Crippen molar-refractivity contribution in [2.75, 3.05) is 11.4 Å². The number of para-hydroxylation sites is 1. The Morgan fingerprint density at radius 1 is 1.26 bits per heavy atom. The second kappa shape index (κ2) is 4.16. The molecule has 0 unspecified atom stereocenters. The molecule has 1 aromatic heterocycles. The number of rotatable bonds is 1. The lowest BCUT2D eigenvalue weighted by Crippen LogP contribution is -2.34. The fourth-order valence-electron chi connectivity index (χ4n) is 2.58. The van der Waals surface area contributed by atoms with Crippen LogP contribution in [-0.2, 0) is 5.41 Å². The number of anilines is 1. The molecule has 4 nitrogen and oxygen atoms in total. The summed E-state index contributed by atoms with van der Waals surface area (Å²) in [6.07, 6.45) is 4.62. The Morgan fingerprint density at radius 2 is 2.05 bits per heavy atom. The van der Waals surface area contributed by atoms with Gasteiger partial charge in [-0.1, -0.05) is 32.0 Å². The number of hydrogen-bond donors (Lipinski definition) is 0.